The first kappa shape index (κ1) is 33.2. The van der Waals surface area contributed by atoms with Gasteiger partial charge in [0.2, 0.25) is 5.95 Å². The molecule has 1 aliphatic carbocycles. The summed E-state index contributed by atoms with van der Waals surface area (Å²) in [5, 5.41) is 6.34. The molecule has 1 atom stereocenters. The first-order valence-corrected chi connectivity index (χ1v) is 20.5. The van der Waals surface area contributed by atoms with Crippen molar-refractivity contribution in [3.05, 3.63) is 193 Å². The number of benzene rings is 8. The fraction of sp³-hybridized carbons (Fsp3) is 0.0556. The second kappa shape index (κ2) is 12.8. The predicted molar refractivity (Wildman–Crippen MR) is 242 cm³/mol. The van der Waals surface area contributed by atoms with Crippen molar-refractivity contribution in [2.24, 2.45) is 0 Å². The molecule has 282 valence electrons. The van der Waals surface area contributed by atoms with E-state index >= 15 is 0 Å². The van der Waals surface area contributed by atoms with Crippen LogP contribution in [0, 0.1) is 0 Å². The molecule has 4 aromatic heterocycles. The lowest BCUT2D eigenvalue weighted by Gasteiger charge is -2.18. The highest BCUT2D eigenvalue weighted by Crippen LogP contribution is 2.45. The van der Waals surface area contributed by atoms with Gasteiger partial charge in [0.1, 0.15) is 22.3 Å². The molecule has 1 unspecified atom stereocenters. The van der Waals surface area contributed by atoms with E-state index in [0.717, 1.165) is 84.1 Å². The van der Waals surface area contributed by atoms with Crippen LogP contribution in [-0.4, -0.2) is 19.5 Å². The van der Waals surface area contributed by atoms with Gasteiger partial charge in [-0.2, -0.15) is 9.97 Å². The summed E-state index contributed by atoms with van der Waals surface area (Å²) in [7, 11) is 0. The first-order chi connectivity index (χ1) is 29.7. The number of rotatable bonds is 4. The van der Waals surface area contributed by atoms with Crippen LogP contribution in [0.25, 0.3) is 106 Å². The third-order valence-corrected chi connectivity index (χ3v) is 12.5. The van der Waals surface area contributed by atoms with Crippen molar-refractivity contribution in [1.82, 2.24) is 19.5 Å². The maximum Gasteiger partial charge on any atom is 0.238 e. The monoisotopic (exact) mass is 770 g/mol. The highest BCUT2D eigenvalue weighted by Gasteiger charge is 2.27. The van der Waals surface area contributed by atoms with E-state index < -0.39 is 0 Å². The zero-order chi connectivity index (χ0) is 39.3. The van der Waals surface area contributed by atoms with Crippen LogP contribution in [0.3, 0.4) is 0 Å². The van der Waals surface area contributed by atoms with Gasteiger partial charge in [0.05, 0.1) is 22.0 Å². The van der Waals surface area contributed by atoms with Gasteiger partial charge >= 0.3 is 0 Å². The molecule has 6 heteroatoms. The van der Waals surface area contributed by atoms with E-state index in [1.54, 1.807) is 0 Å². The summed E-state index contributed by atoms with van der Waals surface area (Å²) < 4.78 is 15.5. The normalized spacial score (nSPS) is 14.0. The van der Waals surface area contributed by atoms with Crippen molar-refractivity contribution < 1.29 is 8.83 Å². The molecule has 0 bridgehead atoms. The maximum absolute atomic E-state index is 6.73. The number of nitrogens with zero attached hydrogens (tertiary/aromatic N) is 4. The van der Waals surface area contributed by atoms with Crippen LogP contribution in [0.2, 0.25) is 0 Å². The van der Waals surface area contributed by atoms with Gasteiger partial charge in [-0.1, -0.05) is 133 Å². The summed E-state index contributed by atoms with van der Waals surface area (Å²) in [5.41, 5.74) is 13.5. The summed E-state index contributed by atoms with van der Waals surface area (Å²) in [5.74, 6) is 1.97. The molecule has 8 aromatic carbocycles. The number of aromatic nitrogens is 4. The van der Waals surface area contributed by atoms with Crippen LogP contribution >= 0.6 is 0 Å². The molecule has 12 aromatic rings. The van der Waals surface area contributed by atoms with Crippen LogP contribution in [0.5, 0.6) is 0 Å². The van der Waals surface area contributed by atoms with Crippen molar-refractivity contribution in [3.8, 4) is 39.9 Å². The topological polar surface area (TPSA) is 69.9 Å². The van der Waals surface area contributed by atoms with E-state index in [-0.39, 0.29) is 0 Å². The number of fused-ring (bicyclic) bond motifs is 13. The fourth-order valence-electron chi connectivity index (χ4n) is 9.81. The summed E-state index contributed by atoms with van der Waals surface area (Å²) >= 11 is 0. The minimum Gasteiger partial charge on any atom is -0.455 e. The van der Waals surface area contributed by atoms with E-state index in [1.807, 2.05) is 48.5 Å². The molecule has 4 heterocycles. The van der Waals surface area contributed by atoms with Gasteiger partial charge in [0.25, 0.3) is 0 Å². The quantitative estimate of drug-likeness (QED) is 0.178. The Labute approximate surface area is 344 Å². The van der Waals surface area contributed by atoms with Crippen LogP contribution in [0.1, 0.15) is 29.0 Å². The molecule has 0 radical (unpaired) electrons. The predicted octanol–water partition coefficient (Wildman–Crippen LogP) is 13.8. The van der Waals surface area contributed by atoms with Crippen LogP contribution in [0.15, 0.2) is 185 Å². The average molecular weight is 771 g/mol. The summed E-state index contributed by atoms with van der Waals surface area (Å²) in [6, 6.07) is 61.9. The fourth-order valence-corrected chi connectivity index (χ4v) is 9.81. The highest BCUT2D eigenvalue weighted by atomic mass is 16.3. The third kappa shape index (κ3) is 4.91. The Balaban J connectivity index is 1.05. The summed E-state index contributed by atoms with van der Waals surface area (Å²) in [6.45, 7) is 0. The Kier molecular flexibility index (Phi) is 7.10. The van der Waals surface area contributed by atoms with Crippen molar-refractivity contribution in [3.63, 3.8) is 0 Å². The molecule has 6 nitrogen and oxygen atoms in total. The Hall–Kier alpha value is -7.83. The smallest absolute Gasteiger partial charge is 0.238 e. The molecule has 0 aliphatic heterocycles. The van der Waals surface area contributed by atoms with Crippen LogP contribution in [-0.2, 0) is 6.42 Å². The maximum atomic E-state index is 6.73. The Morgan fingerprint density at radius 1 is 0.467 bits per heavy atom. The van der Waals surface area contributed by atoms with Gasteiger partial charge in [-0.3, -0.25) is 4.57 Å². The first-order valence-electron chi connectivity index (χ1n) is 20.5. The van der Waals surface area contributed by atoms with Gasteiger partial charge in [-0.25, -0.2) is 4.98 Å². The molecule has 0 fully saturated rings. The largest absolute Gasteiger partial charge is 0.455 e. The number of hydrogen-bond donors (Lipinski definition) is 0. The van der Waals surface area contributed by atoms with E-state index in [0.29, 0.717) is 29.1 Å². The second-order valence-corrected chi connectivity index (χ2v) is 15.8. The summed E-state index contributed by atoms with van der Waals surface area (Å²) in [4.78, 5) is 15.8. The molecular weight excluding hydrogens is 737 g/mol. The van der Waals surface area contributed by atoms with Gasteiger partial charge in [-0.15, -0.1) is 0 Å². The zero-order valence-corrected chi connectivity index (χ0v) is 32.3. The molecule has 1 aliphatic rings. The van der Waals surface area contributed by atoms with E-state index in [4.69, 9.17) is 23.8 Å². The van der Waals surface area contributed by atoms with Crippen molar-refractivity contribution in [2.45, 2.75) is 18.8 Å². The van der Waals surface area contributed by atoms with Gasteiger partial charge in [0, 0.05) is 38.4 Å². The van der Waals surface area contributed by atoms with Gasteiger partial charge < -0.3 is 8.83 Å². The Morgan fingerprint density at radius 3 is 2.08 bits per heavy atom. The molecule has 0 N–H and O–H groups in total. The van der Waals surface area contributed by atoms with E-state index in [2.05, 4.69) is 132 Å². The average Bonchev–Trinajstić information content (AvgIpc) is 3.95. The van der Waals surface area contributed by atoms with Gasteiger partial charge in [0.15, 0.2) is 11.6 Å². The highest BCUT2D eigenvalue weighted by molar-refractivity contribution is 6.23. The lowest BCUT2D eigenvalue weighted by molar-refractivity contribution is 0.663. The SMILES string of the molecule is c1ccc(-c2nc(-c3cccc4c3oc3ccc5c6ccccc6oc5c34)nc(-n3c4ccccc4c4cc5c(cc43)CCC(c3ccccc3)c3ccccc3-5)n2)cc1. The third-order valence-electron chi connectivity index (χ3n) is 12.5. The van der Waals surface area contributed by atoms with Crippen molar-refractivity contribution >= 4 is 65.7 Å². The molecule has 13 rings (SSSR count). The van der Waals surface area contributed by atoms with Gasteiger partial charge in [-0.05, 0) is 83.1 Å². The van der Waals surface area contributed by atoms with E-state index in [9.17, 15) is 0 Å². The molecule has 0 saturated heterocycles. The molecule has 60 heavy (non-hydrogen) atoms. The number of aryl methyl sites for hydroxylation is 1. The minimum absolute atomic E-state index is 0.302. The zero-order valence-electron chi connectivity index (χ0n) is 32.3. The lowest BCUT2D eigenvalue weighted by Crippen LogP contribution is -2.06. The number of para-hydroxylation sites is 3. The van der Waals surface area contributed by atoms with E-state index in [1.165, 1.54) is 27.8 Å². The van der Waals surface area contributed by atoms with Crippen LogP contribution in [0.4, 0.5) is 0 Å². The Bertz CT molecular complexity index is 3670. The molecule has 0 saturated carbocycles. The molecule has 0 amide bonds. The van der Waals surface area contributed by atoms with Crippen LogP contribution < -0.4 is 0 Å². The lowest BCUT2D eigenvalue weighted by atomic mass is 9.86. The standard InChI is InChI=1S/C54H34N4O2/c1-3-14-32(15-4-1)35-27-26-34-30-46-44(31-43(34)37-19-8-7-18-36(35)37)38-20-9-11-24-45(38)58(46)54-56-52(33-16-5-2-6-17-33)55-53(57-54)42-23-13-22-41-49-48(60-50(41)42)29-28-40-39-21-10-12-25-47(39)59-51(40)49/h1-25,28-31,35H,26-27H2. The number of furan rings is 2. The second-order valence-electron chi connectivity index (χ2n) is 15.8. The summed E-state index contributed by atoms with van der Waals surface area (Å²) in [6.07, 6.45) is 1.95. The van der Waals surface area contributed by atoms with Crippen molar-refractivity contribution in [1.29, 1.82) is 0 Å². The molecular formula is C54H34N4O2. The number of hydrogen-bond acceptors (Lipinski definition) is 5. The van der Waals surface area contributed by atoms with Crippen molar-refractivity contribution in [2.75, 3.05) is 0 Å². The molecule has 0 spiro atoms. The Morgan fingerprint density at radius 2 is 1.18 bits per heavy atom. The minimum atomic E-state index is 0.302.